The smallest absolute Gasteiger partial charge is 0.119 e. The minimum atomic E-state index is 0.233. The number of aliphatic hydroxyl groups is 1. The fourth-order valence-electron chi connectivity index (χ4n) is 1.25. The van der Waals surface area contributed by atoms with Crippen molar-refractivity contribution >= 4 is 0 Å². The summed E-state index contributed by atoms with van der Waals surface area (Å²) in [6, 6.07) is 8.06. The Morgan fingerprint density at radius 2 is 2.00 bits per heavy atom. The average Bonchev–Trinajstić information content (AvgIpc) is 2.21. The van der Waals surface area contributed by atoms with Gasteiger partial charge >= 0.3 is 0 Å². The van der Waals surface area contributed by atoms with Crippen molar-refractivity contribution in [1.82, 2.24) is 0 Å². The van der Waals surface area contributed by atoms with Crippen LogP contribution in [0.3, 0.4) is 0 Å². The summed E-state index contributed by atoms with van der Waals surface area (Å²) in [6.45, 7) is 4.58. The first-order valence-electron chi connectivity index (χ1n) is 5.01. The summed E-state index contributed by atoms with van der Waals surface area (Å²) in [5.41, 5.74) is 1.25. The van der Waals surface area contributed by atoms with Gasteiger partial charge in [0, 0.05) is 5.56 Å². The molecule has 0 bridgehead atoms. The molecule has 1 rings (SSSR count). The summed E-state index contributed by atoms with van der Waals surface area (Å²) in [5.74, 6) is 0.915. The molecular weight excluding hydrogens is 178 g/mol. The van der Waals surface area contributed by atoms with E-state index in [1.165, 1.54) is 5.56 Å². The molecule has 0 heterocycles. The zero-order valence-corrected chi connectivity index (χ0v) is 8.57. The number of hydrogen-bond acceptors (Lipinski definition) is 2. The number of benzene rings is 1. The number of aliphatic hydroxyl groups excluding tert-OH is 1. The Hall–Kier alpha value is -1.06. The minimum absolute atomic E-state index is 0.233. The van der Waals surface area contributed by atoms with Gasteiger partial charge in [0.15, 0.2) is 0 Å². The van der Waals surface area contributed by atoms with Gasteiger partial charge in [0.05, 0.1) is 19.8 Å². The number of nitrogens with two attached hydrogens (primary N) is 1. The zero-order chi connectivity index (χ0) is 10.2. The van der Waals surface area contributed by atoms with Gasteiger partial charge in [-0.2, -0.15) is 0 Å². The summed E-state index contributed by atoms with van der Waals surface area (Å²) < 4.78 is 5.34. The lowest BCUT2D eigenvalue weighted by molar-refractivity contribution is -0.671. The van der Waals surface area contributed by atoms with E-state index < -0.39 is 0 Å². The van der Waals surface area contributed by atoms with Crippen LogP contribution in [-0.2, 0) is 6.54 Å². The normalized spacial score (nSPS) is 10.1. The summed E-state index contributed by atoms with van der Waals surface area (Å²) in [4.78, 5) is 0. The first kappa shape index (κ1) is 11.0. The van der Waals surface area contributed by atoms with Gasteiger partial charge in [-0.3, -0.25) is 0 Å². The van der Waals surface area contributed by atoms with Crippen LogP contribution in [0.15, 0.2) is 24.3 Å². The maximum atomic E-state index is 8.61. The fourth-order valence-corrected chi connectivity index (χ4v) is 1.25. The molecule has 3 N–H and O–H groups in total. The fraction of sp³-hybridized carbons (Fsp3) is 0.455. The lowest BCUT2D eigenvalue weighted by Crippen LogP contribution is -2.83. The van der Waals surface area contributed by atoms with Crippen LogP contribution in [0.5, 0.6) is 5.75 Å². The summed E-state index contributed by atoms with van der Waals surface area (Å²) in [6.07, 6.45) is 0. The molecule has 3 heteroatoms. The molecule has 0 aliphatic rings. The van der Waals surface area contributed by atoms with Gasteiger partial charge in [0.2, 0.25) is 0 Å². The van der Waals surface area contributed by atoms with Gasteiger partial charge in [0.25, 0.3) is 0 Å². The molecule has 1 aromatic carbocycles. The topological polar surface area (TPSA) is 46.1 Å². The predicted octanol–water partition coefficient (Wildman–Crippen LogP) is 0.141. The number of rotatable bonds is 6. The molecular formula is C11H18NO2+. The molecule has 0 radical (unpaired) electrons. The maximum Gasteiger partial charge on any atom is 0.119 e. The summed E-state index contributed by atoms with van der Waals surface area (Å²) in [5, 5.41) is 10.7. The van der Waals surface area contributed by atoms with Crippen molar-refractivity contribution in [3.05, 3.63) is 29.8 Å². The van der Waals surface area contributed by atoms with Crippen molar-refractivity contribution in [2.75, 3.05) is 19.8 Å². The van der Waals surface area contributed by atoms with E-state index >= 15 is 0 Å². The first-order valence-corrected chi connectivity index (χ1v) is 5.01. The van der Waals surface area contributed by atoms with E-state index in [2.05, 4.69) is 17.4 Å². The minimum Gasteiger partial charge on any atom is -0.494 e. The highest BCUT2D eigenvalue weighted by Crippen LogP contribution is 2.10. The van der Waals surface area contributed by atoms with E-state index in [9.17, 15) is 0 Å². The van der Waals surface area contributed by atoms with Crippen molar-refractivity contribution in [2.45, 2.75) is 13.5 Å². The molecule has 0 atom stereocenters. The van der Waals surface area contributed by atoms with Gasteiger partial charge in [-0.15, -0.1) is 0 Å². The average molecular weight is 196 g/mol. The van der Waals surface area contributed by atoms with Gasteiger partial charge in [0.1, 0.15) is 12.3 Å². The standard InChI is InChI=1S/C11H17NO2/c1-2-14-11-5-3-10(4-6-11)9-12-7-8-13/h3-6,12-13H,2,7-9H2,1H3/p+1. The van der Waals surface area contributed by atoms with Crippen LogP contribution in [0.25, 0.3) is 0 Å². The van der Waals surface area contributed by atoms with Gasteiger partial charge in [-0.05, 0) is 31.2 Å². The largest absolute Gasteiger partial charge is 0.494 e. The lowest BCUT2D eigenvalue weighted by Gasteiger charge is -2.04. The van der Waals surface area contributed by atoms with Crippen molar-refractivity contribution < 1.29 is 15.2 Å². The highest BCUT2D eigenvalue weighted by atomic mass is 16.5. The summed E-state index contributed by atoms with van der Waals surface area (Å²) >= 11 is 0. The third kappa shape index (κ3) is 3.77. The Bertz CT molecular complexity index is 246. The van der Waals surface area contributed by atoms with E-state index in [4.69, 9.17) is 9.84 Å². The van der Waals surface area contributed by atoms with E-state index in [0.717, 1.165) is 18.8 Å². The molecule has 0 spiro atoms. The predicted molar refractivity (Wildman–Crippen MR) is 55.2 cm³/mol. The highest BCUT2D eigenvalue weighted by Gasteiger charge is 1.96. The SMILES string of the molecule is CCOc1ccc(C[NH2+]CCO)cc1. The molecule has 0 saturated heterocycles. The van der Waals surface area contributed by atoms with E-state index in [-0.39, 0.29) is 6.61 Å². The monoisotopic (exact) mass is 196 g/mol. The van der Waals surface area contributed by atoms with Gasteiger partial charge in [-0.25, -0.2) is 0 Å². The third-order valence-corrected chi connectivity index (χ3v) is 1.95. The molecule has 3 nitrogen and oxygen atoms in total. The second-order valence-electron chi connectivity index (χ2n) is 3.08. The van der Waals surface area contributed by atoms with Gasteiger partial charge < -0.3 is 15.2 Å². The second kappa shape index (κ2) is 6.40. The molecule has 0 aliphatic carbocycles. The van der Waals surface area contributed by atoms with Crippen LogP contribution in [0, 0.1) is 0 Å². The van der Waals surface area contributed by atoms with Crippen molar-refractivity contribution in [2.24, 2.45) is 0 Å². The van der Waals surface area contributed by atoms with Crippen LogP contribution in [-0.4, -0.2) is 24.9 Å². The van der Waals surface area contributed by atoms with E-state index in [1.54, 1.807) is 0 Å². The van der Waals surface area contributed by atoms with Crippen molar-refractivity contribution in [3.8, 4) is 5.75 Å². The number of quaternary nitrogens is 1. The van der Waals surface area contributed by atoms with Crippen LogP contribution >= 0.6 is 0 Å². The third-order valence-electron chi connectivity index (χ3n) is 1.95. The Kier molecular flexibility index (Phi) is 5.04. The maximum absolute atomic E-state index is 8.61. The summed E-state index contributed by atoms with van der Waals surface area (Å²) in [7, 11) is 0. The van der Waals surface area contributed by atoms with Crippen LogP contribution in [0.4, 0.5) is 0 Å². The molecule has 1 aromatic rings. The number of ether oxygens (including phenoxy) is 1. The molecule has 0 aliphatic heterocycles. The Morgan fingerprint density at radius 1 is 1.29 bits per heavy atom. The molecule has 0 fully saturated rings. The van der Waals surface area contributed by atoms with Crippen LogP contribution in [0.1, 0.15) is 12.5 Å². The molecule has 78 valence electrons. The van der Waals surface area contributed by atoms with E-state index in [0.29, 0.717) is 6.61 Å². The van der Waals surface area contributed by atoms with Crippen LogP contribution in [0.2, 0.25) is 0 Å². The molecule has 0 aromatic heterocycles. The molecule has 14 heavy (non-hydrogen) atoms. The number of hydrogen-bond donors (Lipinski definition) is 2. The first-order chi connectivity index (χ1) is 6.86. The Balaban J connectivity index is 2.38. The lowest BCUT2D eigenvalue weighted by atomic mass is 10.2. The second-order valence-corrected chi connectivity index (χ2v) is 3.08. The Morgan fingerprint density at radius 3 is 2.57 bits per heavy atom. The van der Waals surface area contributed by atoms with Crippen molar-refractivity contribution in [3.63, 3.8) is 0 Å². The highest BCUT2D eigenvalue weighted by molar-refractivity contribution is 5.26. The van der Waals surface area contributed by atoms with Crippen molar-refractivity contribution in [1.29, 1.82) is 0 Å². The van der Waals surface area contributed by atoms with Crippen LogP contribution < -0.4 is 10.1 Å². The molecule has 0 saturated carbocycles. The quantitative estimate of drug-likeness (QED) is 0.636. The molecule has 0 amide bonds. The van der Waals surface area contributed by atoms with E-state index in [1.807, 2.05) is 19.1 Å². The van der Waals surface area contributed by atoms with Gasteiger partial charge in [-0.1, -0.05) is 0 Å². The molecule has 0 unspecified atom stereocenters. The Labute approximate surface area is 84.7 Å². The zero-order valence-electron chi connectivity index (χ0n) is 8.57.